The van der Waals surface area contributed by atoms with Gasteiger partial charge in [0.15, 0.2) is 5.78 Å². The molecule has 14 rings (SSSR count). The molecule has 0 aliphatic carbocycles. The molecule has 0 N–H and O–H groups in total. The summed E-state index contributed by atoms with van der Waals surface area (Å²) >= 11 is 0. The van der Waals surface area contributed by atoms with E-state index in [2.05, 4.69) is 261 Å². The lowest BCUT2D eigenvalue weighted by molar-refractivity contribution is 0.103. The maximum absolute atomic E-state index is 16.1. The quantitative estimate of drug-likeness (QED) is 0.161. The second kappa shape index (κ2) is 15.7. The number of anilines is 3. The van der Waals surface area contributed by atoms with Crippen molar-refractivity contribution >= 4 is 89.6 Å². The Kier molecular flexibility index (Phi) is 9.19. The second-order valence-electron chi connectivity index (χ2n) is 20.8. The highest BCUT2D eigenvalue weighted by Crippen LogP contribution is 2.51. The zero-order valence-electron chi connectivity index (χ0n) is 41.0. The van der Waals surface area contributed by atoms with E-state index in [-0.39, 0.29) is 17.9 Å². The van der Waals surface area contributed by atoms with E-state index in [9.17, 15) is 0 Å². The molecule has 0 spiro atoms. The van der Waals surface area contributed by atoms with E-state index in [4.69, 9.17) is 0 Å². The van der Waals surface area contributed by atoms with Gasteiger partial charge in [-0.2, -0.15) is 0 Å². The lowest BCUT2D eigenvalue weighted by Gasteiger charge is -2.43. The van der Waals surface area contributed by atoms with Crippen molar-refractivity contribution in [1.82, 2.24) is 9.13 Å². The number of nitrogens with zero attached hydrogens (tertiary/aromatic N) is 3. The van der Waals surface area contributed by atoms with Crippen molar-refractivity contribution in [1.29, 1.82) is 0 Å². The zero-order chi connectivity index (χ0) is 48.6. The minimum Gasteiger partial charge on any atom is -0.310 e. The Labute approximate surface area is 420 Å². The topological polar surface area (TPSA) is 30.2 Å². The average molecular weight is 924 g/mol. The fourth-order valence-electron chi connectivity index (χ4n) is 12.6. The summed E-state index contributed by atoms with van der Waals surface area (Å²) in [4.78, 5) is 18.7. The van der Waals surface area contributed by atoms with Crippen molar-refractivity contribution in [2.75, 3.05) is 4.90 Å². The SMILES string of the molecule is Cc1c(-n2c3ccccc3c3ccccc32)ccc2c1C(=O)c1cc(C(C)(C)C)cc3c1B2c1ccc(-n2c4ccccc4c4ccccc42)c(C)c1N3c1c(-c2ccccc2)cccc1-c1ccccc1. The normalized spacial score (nSPS) is 13.0. The van der Waals surface area contributed by atoms with Crippen molar-refractivity contribution < 1.29 is 4.79 Å². The smallest absolute Gasteiger partial charge is 0.248 e. The lowest BCUT2D eigenvalue weighted by Crippen LogP contribution is -2.63. The van der Waals surface area contributed by atoms with Crippen LogP contribution in [-0.4, -0.2) is 21.6 Å². The molecule has 342 valence electrons. The molecule has 4 heterocycles. The van der Waals surface area contributed by atoms with Crippen LogP contribution in [0.15, 0.2) is 212 Å². The fraction of sp³-hybridized carbons (Fsp3) is 0.0896. The van der Waals surface area contributed by atoms with Crippen LogP contribution in [-0.2, 0) is 5.41 Å². The summed E-state index contributed by atoms with van der Waals surface area (Å²) in [6.45, 7) is 11.1. The van der Waals surface area contributed by atoms with Crippen molar-refractivity contribution in [3.05, 3.63) is 240 Å². The van der Waals surface area contributed by atoms with E-state index in [0.717, 1.165) is 100 Å². The van der Waals surface area contributed by atoms with Gasteiger partial charge in [-0.3, -0.25) is 4.79 Å². The van der Waals surface area contributed by atoms with Crippen molar-refractivity contribution in [3.8, 4) is 33.6 Å². The van der Waals surface area contributed by atoms with Crippen LogP contribution in [0.2, 0.25) is 0 Å². The van der Waals surface area contributed by atoms with Gasteiger partial charge >= 0.3 is 0 Å². The van der Waals surface area contributed by atoms with Gasteiger partial charge in [0.25, 0.3) is 0 Å². The van der Waals surface area contributed by atoms with Crippen LogP contribution in [0.5, 0.6) is 0 Å². The molecule has 2 aliphatic rings. The molecular formula is C67H50BN3O. The van der Waals surface area contributed by atoms with Gasteiger partial charge in [-0.05, 0) is 107 Å². The molecule has 12 aromatic rings. The highest BCUT2D eigenvalue weighted by atomic mass is 16.1. The Bertz CT molecular complexity index is 4080. The summed E-state index contributed by atoms with van der Waals surface area (Å²) in [5, 5.41) is 4.84. The number of hydrogen-bond donors (Lipinski definition) is 0. The Morgan fingerprint density at radius 2 is 0.847 bits per heavy atom. The molecule has 72 heavy (non-hydrogen) atoms. The van der Waals surface area contributed by atoms with Crippen LogP contribution in [0.25, 0.3) is 77.2 Å². The maximum Gasteiger partial charge on any atom is 0.248 e. The molecule has 0 saturated heterocycles. The summed E-state index contributed by atoms with van der Waals surface area (Å²) in [6.07, 6.45) is 0. The molecule has 0 amide bonds. The summed E-state index contributed by atoms with van der Waals surface area (Å²) in [7, 11) is 0. The van der Waals surface area contributed by atoms with Crippen LogP contribution >= 0.6 is 0 Å². The van der Waals surface area contributed by atoms with Crippen molar-refractivity contribution in [3.63, 3.8) is 0 Å². The molecule has 0 radical (unpaired) electrons. The lowest BCUT2D eigenvalue weighted by atomic mass is 9.31. The van der Waals surface area contributed by atoms with Crippen molar-refractivity contribution in [2.45, 2.75) is 40.0 Å². The fourth-order valence-corrected chi connectivity index (χ4v) is 12.6. The number of carbonyl (C=O) groups excluding carboxylic acids is 1. The van der Waals surface area contributed by atoms with Crippen LogP contribution < -0.4 is 21.3 Å². The number of aromatic nitrogens is 2. The number of carbonyl (C=O) groups is 1. The monoisotopic (exact) mass is 923 g/mol. The molecule has 4 nitrogen and oxygen atoms in total. The first kappa shape index (κ1) is 42.2. The van der Waals surface area contributed by atoms with Crippen LogP contribution in [0.4, 0.5) is 17.1 Å². The first-order valence-electron chi connectivity index (χ1n) is 25.2. The molecule has 0 atom stereocenters. The van der Waals surface area contributed by atoms with Crippen LogP contribution in [0.3, 0.4) is 0 Å². The summed E-state index contributed by atoms with van der Waals surface area (Å²) < 4.78 is 4.83. The first-order chi connectivity index (χ1) is 35.2. The number of para-hydroxylation sites is 5. The number of hydrogen-bond acceptors (Lipinski definition) is 2. The van der Waals surface area contributed by atoms with Crippen LogP contribution in [0.1, 0.15) is 53.4 Å². The predicted octanol–water partition coefficient (Wildman–Crippen LogP) is 15.0. The van der Waals surface area contributed by atoms with Gasteiger partial charge < -0.3 is 14.0 Å². The van der Waals surface area contributed by atoms with Gasteiger partial charge in [0.1, 0.15) is 0 Å². The first-order valence-corrected chi connectivity index (χ1v) is 25.2. The molecule has 0 fully saturated rings. The van der Waals surface area contributed by atoms with Gasteiger partial charge in [-0.15, -0.1) is 0 Å². The van der Waals surface area contributed by atoms with E-state index in [1.807, 2.05) is 0 Å². The third-order valence-corrected chi connectivity index (χ3v) is 15.8. The van der Waals surface area contributed by atoms with Gasteiger partial charge in [0.05, 0.1) is 33.4 Å². The minimum atomic E-state index is -0.283. The molecule has 5 heteroatoms. The van der Waals surface area contributed by atoms with E-state index >= 15 is 4.79 Å². The highest BCUT2D eigenvalue weighted by Gasteiger charge is 2.46. The number of benzene rings is 10. The Hall–Kier alpha value is -8.67. The Balaban J connectivity index is 1.13. The summed E-state index contributed by atoms with van der Waals surface area (Å²) in [5.74, 6) is 0.0744. The van der Waals surface area contributed by atoms with Gasteiger partial charge in [-0.25, -0.2) is 0 Å². The molecular weight excluding hydrogens is 874 g/mol. The molecule has 2 aliphatic heterocycles. The van der Waals surface area contributed by atoms with Gasteiger partial charge in [0.2, 0.25) is 6.71 Å². The molecule has 0 saturated carbocycles. The van der Waals surface area contributed by atoms with Gasteiger partial charge in [-0.1, -0.05) is 190 Å². The molecule has 0 unspecified atom stereocenters. The van der Waals surface area contributed by atoms with E-state index in [1.54, 1.807) is 0 Å². The average Bonchev–Trinajstić information content (AvgIpc) is 3.93. The Morgan fingerprint density at radius 3 is 1.33 bits per heavy atom. The third-order valence-electron chi connectivity index (χ3n) is 15.8. The maximum atomic E-state index is 16.1. The molecule has 2 aromatic heterocycles. The third kappa shape index (κ3) is 5.97. The largest absolute Gasteiger partial charge is 0.310 e. The van der Waals surface area contributed by atoms with Gasteiger partial charge in [0, 0.05) is 60.9 Å². The number of ketones is 1. The molecule has 10 aromatic carbocycles. The summed E-state index contributed by atoms with van der Waals surface area (Å²) in [6, 6.07) is 77.1. The van der Waals surface area contributed by atoms with Crippen LogP contribution in [0, 0.1) is 13.8 Å². The second-order valence-corrected chi connectivity index (χ2v) is 20.8. The molecule has 0 bridgehead atoms. The van der Waals surface area contributed by atoms with E-state index in [1.165, 1.54) is 38.0 Å². The number of rotatable bonds is 5. The number of fused-ring (bicyclic) bond motifs is 10. The predicted molar refractivity (Wildman–Crippen MR) is 303 cm³/mol. The zero-order valence-corrected chi connectivity index (χ0v) is 41.0. The standard InChI is InChI=1S/C67H50BN3O/c1-41-55(69-57-31-16-12-25-48(57)49-26-13-17-32-58(49)69)37-35-53-62(41)66(72)52-39-45(67(3,4)5)40-61-63(52)68(53)54-36-38-56(70-59-33-18-14-27-50(59)51-28-15-19-34-60(51)70)42(2)64(54)71(61)65-46(43-21-8-6-9-22-43)29-20-30-47(65)44-23-10-7-11-24-44/h6-40H,1-5H3. The summed E-state index contributed by atoms with van der Waals surface area (Å²) in [5.41, 5.74) is 22.3. The van der Waals surface area contributed by atoms with E-state index in [0.29, 0.717) is 0 Å². The Morgan fingerprint density at radius 1 is 0.403 bits per heavy atom. The van der Waals surface area contributed by atoms with Crippen molar-refractivity contribution in [2.24, 2.45) is 0 Å². The van der Waals surface area contributed by atoms with E-state index < -0.39 is 0 Å². The minimum absolute atomic E-state index is 0.0744. The highest BCUT2D eigenvalue weighted by molar-refractivity contribution is 7.00.